The zero-order chi connectivity index (χ0) is 13.3. The number of unbranched alkanes of at least 4 members (excludes halogenated alkanes) is 1. The summed E-state index contributed by atoms with van der Waals surface area (Å²) in [5.74, 6) is 0. The van der Waals surface area contributed by atoms with Crippen LogP contribution in [-0.4, -0.2) is 29.4 Å². The van der Waals surface area contributed by atoms with Crippen molar-refractivity contribution in [3.8, 4) is 0 Å². The Labute approximate surface area is 105 Å². The minimum absolute atomic E-state index is 0.340. The highest BCUT2D eigenvalue weighted by molar-refractivity contribution is 7.86. The van der Waals surface area contributed by atoms with Crippen LogP contribution in [0.4, 0.5) is 0 Å². The topological polar surface area (TPSA) is 74.6 Å². The number of aliphatic hydroxyl groups is 1. The molecular formula is C12H26O4S. The lowest BCUT2D eigenvalue weighted by molar-refractivity contribution is 0.150. The highest BCUT2D eigenvalue weighted by atomic mass is 32.2. The van der Waals surface area contributed by atoms with Gasteiger partial charge in [0.05, 0.1) is 11.4 Å². The van der Waals surface area contributed by atoms with Gasteiger partial charge in [-0.25, -0.2) is 0 Å². The predicted octanol–water partition coefficient (Wildman–Crippen LogP) is 2.76. The molecule has 0 bridgehead atoms. The maximum Gasteiger partial charge on any atom is 0.267 e. The molecule has 0 saturated carbocycles. The van der Waals surface area contributed by atoms with Crippen molar-refractivity contribution in [2.45, 2.75) is 76.6 Å². The van der Waals surface area contributed by atoms with Gasteiger partial charge in [-0.1, -0.05) is 33.1 Å². The summed E-state index contributed by atoms with van der Waals surface area (Å²) in [5, 5.41) is 8.87. The molecule has 2 atom stereocenters. The fourth-order valence-corrected chi connectivity index (χ4v) is 2.86. The molecule has 17 heavy (non-hydrogen) atoms. The third-order valence-electron chi connectivity index (χ3n) is 2.99. The Bertz CT molecular complexity index is 274. The smallest absolute Gasteiger partial charge is 0.267 e. The lowest BCUT2D eigenvalue weighted by Crippen LogP contribution is -2.21. The van der Waals surface area contributed by atoms with Gasteiger partial charge in [0, 0.05) is 0 Å². The fraction of sp³-hybridized carbons (Fsp3) is 1.00. The van der Waals surface area contributed by atoms with E-state index < -0.39 is 15.4 Å². The molecule has 0 aromatic carbocycles. The van der Waals surface area contributed by atoms with Gasteiger partial charge in [0.1, 0.15) is 0 Å². The van der Waals surface area contributed by atoms with Gasteiger partial charge in [-0.15, -0.1) is 0 Å². The second-order valence-electron chi connectivity index (χ2n) is 4.65. The van der Waals surface area contributed by atoms with E-state index >= 15 is 0 Å². The van der Waals surface area contributed by atoms with Crippen LogP contribution in [0.5, 0.6) is 0 Å². The molecular weight excluding hydrogens is 240 g/mol. The van der Waals surface area contributed by atoms with Crippen LogP contribution < -0.4 is 0 Å². The van der Waals surface area contributed by atoms with Crippen LogP contribution in [0.3, 0.4) is 0 Å². The average Bonchev–Trinajstić information content (AvgIpc) is 2.21. The molecule has 0 heterocycles. The summed E-state index contributed by atoms with van der Waals surface area (Å²) in [6.45, 7) is 4.00. The first kappa shape index (κ1) is 16.9. The Balaban J connectivity index is 4.00. The first-order valence-electron chi connectivity index (χ1n) is 6.56. The van der Waals surface area contributed by atoms with Crippen molar-refractivity contribution in [1.29, 1.82) is 0 Å². The van der Waals surface area contributed by atoms with Crippen molar-refractivity contribution in [2.75, 3.05) is 0 Å². The molecule has 0 aliphatic heterocycles. The molecule has 4 nitrogen and oxygen atoms in total. The molecule has 2 N–H and O–H groups in total. The summed E-state index contributed by atoms with van der Waals surface area (Å²) in [4.78, 5) is 0. The van der Waals surface area contributed by atoms with Gasteiger partial charge in [-0.3, -0.25) is 4.55 Å². The van der Waals surface area contributed by atoms with Gasteiger partial charge in [0.25, 0.3) is 10.1 Å². The lowest BCUT2D eigenvalue weighted by atomic mass is 10.0. The second kappa shape index (κ2) is 8.89. The molecule has 2 unspecified atom stereocenters. The molecule has 0 aliphatic rings. The Morgan fingerprint density at radius 2 is 1.53 bits per heavy atom. The summed E-state index contributed by atoms with van der Waals surface area (Å²) in [6, 6.07) is 0. The van der Waals surface area contributed by atoms with E-state index in [1.807, 2.05) is 13.8 Å². The minimum Gasteiger partial charge on any atom is -0.393 e. The normalized spacial score (nSPS) is 15.8. The molecule has 0 radical (unpaired) electrons. The molecule has 0 amide bonds. The van der Waals surface area contributed by atoms with E-state index in [0.29, 0.717) is 25.7 Å². The third-order valence-corrected chi connectivity index (χ3v) is 4.30. The lowest BCUT2D eigenvalue weighted by Gasteiger charge is -2.14. The van der Waals surface area contributed by atoms with Crippen LogP contribution in [0.1, 0.15) is 65.2 Å². The summed E-state index contributed by atoms with van der Waals surface area (Å²) in [7, 11) is -3.93. The van der Waals surface area contributed by atoms with Crippen LogP contribution in [0.15, 0.2) is 0 Å². The van der Waals surface area contributed by atoms with E-state index in [-0.39, 0.29) is 6.10 Å². The second-order valence-corrected chi connectivity index (χ2v) is 6.35. The van der Waals surface area contributed by atoms with Crippen LogP contribution in [0.2, 0.25) is 0 Å². The summed E-state index contributed by atoms with van der Waals surface area (Å²) < 4.78 is 31.3. The van der Waals surface area contributed by atoms with E-state index in [1.54, 1.807) is 0 Å². The van der Waals surface area contributed by atoms with E-state index in [9.17, 15) is 13.5 Å². The van der Waals surface area contributed by atoms with E-state index in [4.69, 9.17) is 4.55 Å². The van der Waals surface area contributed by atoms with Crippen molar-refractivity contribution in [2.24, 2.45) is 0 Å². The van der Waals surface area contributed by atoms with Gasteiger partial charge in [0.2, 0.25) is 0 Å². The van der Waals surface area contributed by atoms with Crippen molar-refractivity contribution >= 4 is 10.1 Å². The molecule has 0 aromatic rings. The zero-order valence-electron chi connectivity index (χ0n) is 10.9. The quantitative estimate of drug-likeness (QED) is 0.596. The van der Waals surface area contributed by atoms with Crippen molar-refractivity contribution in [1.82, 2.24) is 0 Å². The number of hydrogen-bond acceptors (Lipinski definition) is 3. The molecule has 0 aromatic heterocycles. The molecule has 0 aliphatic carbocycles. The zero-order valence-corrected chi connectivity index (χ0v) is 11.7. The summed E-state index contributed by atoms with van der Waals surface area (Å²) in [6.07, 6.45) is 5.30. The number of rotatable bonds is 10. The van der Waals surface area contributed by atoms with Crippen molar-refractivity contribution in [3.63, 3.8) is 0 Å². The van der Waals surface area contributed by atoms with Gasteiger partial charge < -0.3 is 5.11 Å². The van der Waals surface area contributed by atoms with E-state index in [2.05, 4.69) is 0 Å². The van der Waals surface area contributed by atoms with Crippen LogP contribution in [0, 0.1) is 0 Å². The van der Waals surface area contributed by atoms with E-state index in [0.717, 1.165) is 25.7 Å². The van der Waals surface area contributed by atoms with Gasteiger partial charge in [0.15, 0.2) is 0 Å². The van der Waals surface area contributed by atoms with Gasteiger partial charge in [-0.2, -0.15) is 8.42 Å². The maximum atomic E-state index is 11.1. The molecule has 0 rings (SSSR count). The van der Waals surface area contributed by atoms with Crippen LogP contribution >= 0.6 is 0 Å². The van der Waals surface area contributed by atoms with Crippen molar-refractivity contribution in [3.05, 3.63) is 0 Å². The van der Waals surface area contributed by atoms with Crippen LogP contribution in [0.25, 0.3) is 0 Å². The first-order valence-corrected chi connectivity index (χ1v) is 8.06. The third kappa shape index (κ3) is 8.57. The van der Waals surface area contributed by atoms with Gasteiger partial charge in [-0.05, 0) is 32.1 Å². The highest BCUT2D eigenvalue weighted by Gasteiger charge is 2.22. The van der Waals surface area contributed by atoms with Gasteiger partial charge >= 0.3 is 0 Å². The molecule has 0 fully saturated rings. The summed E-state index contributed by atoms with van der Waals surface area (Å²) in [5.41, 5.74) is 0. The Kier molecular flexibility index (Phi) is 8.82. The number of aliphatic hydroxyl groups excluding tert-OH is 1. The van der Waals surface area contributed by atoms with E-state index in [1.165, 1.54) is 0 Å². The standard InChI is InChI=1S/C12H26O4S/c1-3-5-9-12(17(14,15)16)10-6-8-11(13)7-4-2/h11-13H,3-10H2,1-2H3,(H,14,15,16). The molecule has 104 valence electrons. The SMILES string of the molecule is CCCCC(CCCC(O)CCC)S(=O)(=O)O. The average molecular weight is 266 g/mol. The number of hydrogen-bond donors (Lipinski definition) is 2. The molecule has 5 heteroatoms. The highest BCUT2D eigenvalue weighted by Crippen LogP contribution is 2.17. The summed E-state index contributed by atoms with van der Waals surface area (Å²) >= 11 is 0. The largest absolute Gasteiger partial charge is 0.393 e. The van der Waals surface area contributed by atoms with Crippen molar-refractivity contribution < 1.29 is 18.1 Å². The fourth-order valence-electron chi connectivity index (χ4n) is 1.93. The molecule has 0 spiro atoms. The maximum absolute atomic E-state index is 11.1. The van der Waals surface area contributed by atoms with Crippen LogP contribution in [-0.2, 0) is 10.1 Å². The Morgan fingerprint density at radius 3 is 2.00 bits per heavy atom. The minimum atomic E-state index is -3.93. The monoisotopic (exact) mass is 266 g/mol. The molecule has 0 saturated heterocycles. The Hall–Kier alpha value is -0.130. The first-order chi connectivity index (χ1) is 7.91. The predicted molar refractivity (Wildman–Crippen MR) is 69.6 cm³/mol. The Morgan fingerprint density at radius 1 is 0.941 bits per heavy atom.